The van der Waals surface area contributed by atoms with Crippen molar-refractivity contribution in [2.24, 2.45) is 0 Å². The topological polar surface area (TPSA) is 9.23 Å². The molecular weight excluding hydrogens is 276 g/mol. The third-order valence-corrected chi connectivity index (χ3v) is 2.83. The molecule has 2 rings (SSSR count). The molecule has 0 aliphatic heterocycles. The standard InChI is InChI=1S/C13H17O.BrH.Mg/c1-3-7-12(8-4-1)11-14-13-9-5-2-6-10-13;;/h3-4,7-8,13H,2,5-6,9-11H2;1H;/q-1;;+2/p-1. The van der Waals surface area contributed by atoms with E-state index in [1.807, 2.05) is 12.1 Å². The zero-order valence-corrected chi connectivity index (χ0v) is 12.6. The van der Waals surface area contributed by atoms with Gasteiger partial charge in [-0.05, 0) is 12.8 Å². The van der Waals surface area contributed by atoms with Gasteiger partial charge in [-0.1, -0.05) is 19.3 Å². The summed E-state index contributed by atoms with van der Waals surface area (Å²) in [5.74, 6) is 0. The Kier molecular flexibility index (Phi) is 9.71. The van der Waals surface area contributed by atoms with Crippen molar-refractivity contribution < 1.29 is 21.7 Å². The molecule has 1 fully saturated rings. The van der Waals surface area contributed by atoms with Crippen LogP contribution in [0.25, 0.3) is 0 Å². The van der Waals surface area contributed by atoms with Gasteiger partial charge in [0, 0.05) is 0 Å². The zero-order valence-electron chi connectivity index (χ0n) is 9.62. The van der Waals surface area contributed by atoms with Gasteiger partial charge >= 0.3 is 23.1 Å². The van der Waals surface area contributed by atoms with Crippen LogP contribution in [0.3, 0.4) is 0 Å². The van der Waals surface area contributed by atoms with Crippen LogP contribution in [0.2, 0.25) is 0 Å². The van der Waals surface area contributed by atoms with Gasteiger partial charge in [-0.2, -0.15) is 30.3 Å². The predicted octanol–water partition coefficient (Wildman–Crippen LogP) is -0.0407. The molecule has 16 heavy (non-hydrogen) atoms. The van der Waals surface area contributed by atoms with E-state index in [-0.39, 0.29) is 40.0 Å². The van der Waals surface area contributed by atoms with E-state index in [0.717, 1.165) is 6.61 Å². The van der Waals surface area contributed by atoms with E-state index in [2.05, 4.69) is 18.2 Å². The third kappa shape index (κ3) is 5.66. The van der Waals surface area contributed by atoms with Gasteiger partial charge in [0.25, 0.3) is 0 Å². The summed E-state index contributed by atoms with van der Waals surface area (Å²) in [6.07, 6.45) is 7.08. The molecule has 0 spiro atoms. The van der Waals surface area contributed by atoms with Crippen LogP contribution in [0.5, 0.6) is 0 Å². The van der Waals surface area contributed by atoms with Gasteiger partial charge < -0.3 is 21.7 Å². The van der Waals surface area contributed by atoms with Crippen molar-refractivity contribution >= 4 is 23.1 Å². The summed E-state index contributed by atoms with van der Waals surface area (Å²) >= 11 is 0. The van der Waals surface area contributed by atoms with Crippen molar-refractivity contribution in [1.29, 1.82) is 0 Å². The minimum atomic E-state index is 0. The molecule has 0 bridgehead atoms. The molecule has 84 valence electrons. The van der Waals surface area contributed by atoms with Gasteiger partial charge in [-0.15, -0.1) is 5.56 Å². The minimum absolute atomic E-state index is 0. The molecule has 0 aromatic heterocycles. The Morgan fingerprint density at radius 2 is 1.75 bits per heavy atom. The van der Waals surface area contributed by atoms with Crippen LogP contribution < -0.4 is 17.0 Å². The van der Waals surface area contributed by atoms with Crippen molar-refractivity contribution in [2.75, 3.05) is 0 Å². The maximum Gasteiger partial charge on any atom is 2.00 e. The van der Waals surface area contributed by atoms with Gasteiger partial charge in [-0.3, -0.25) is 0 Å². The second kappa shape index (κ2) is 9.46. The average molecular weight is 293 g/mol. The zero-order chi connectivity index (χ0) is 9.64. The number of halogens is 1. The first-order valence-electron chi connectivity index (χ1n) is 5.52. The monoisotopic (exact) mass is 292 g/mol. The van der Waals surface area contributed by atoms with E-state index >= 15 is 0 Å². The maximum absolute atomic E-state index is 5.86. The fourth-order valence-electron chi connectivity index (χ4n) is 1.96. The first kappa shape index (κ1) is 16.4. The van der Waals surface area contributed by atoms with Crippen LogP contribution in [0, 0.1) is 6.07 Å². The van der Waals surface area contributed by atoms with E-state index in [1.54, 1.807) is 0 Å². The maximum atomic E-state index is 5.86. The van der Waals surface area contributed by atoms with Crippen LogP contribution in [0.1, 0.15) is 37.7 Å². The van der Waals surface area contributed by atoms with E-state index < -0.39 is 0 Å². The SMILES string of the molecule is [Br-].[Mg+2].[c-]1ccc(COC2CCCCC2)cc1. The second-order valence-electron chi connectivity index (χ2n) is 3.98. The summed E-state index contributed by atoms with van der Waals surface area (Å²) in [6, 6.07) is 11.0. The largest absolute Gasteiger partial charge is 2.00 e. The fourth-order valence-corrected chi connectivity index (χ4v) is 1.96. The third-order valence-electron chi connectivity index (χ3n) is 2.83. The van der Waals surface area contributed by atoms with Crippen LogP contribution in [-0.4, -0.2) is 29.2 Å². The number of rotatable bonds is 3. The van der Waals surface area contributed by atoms with Gasteiger partial charge in [0.1, 0.15) is 0 Å². The summed E-state index contributed by atoms with van der Waals surface area (Å²) in [7, 11) is 0. The molecule has 0 amide bonds. The molecule has 0 saturated heterocycles. The van der Waals surface area contributed by atoms with Crippen molar-refractivity contribution in [3.05, 3.63) is 35.9 Å². The molecule has 1 aliphatic rings. The smallest absolute Gasteiger partial charge is 1.00 e. The van der Waals surface area contributed by atoms with Crippen molar-refractivity contribution in [3.8, 4) is 0 Å². The number of benzene rings is 1. The summed E-state index contributed by atoms with van der Waals surface area (Å²) in [5.41, 5.74) is 1.26. The summed E-state index contributed by atoms with van der Waals surface area (Å²) < 4.78 is 5.86. The van der Waals surface area contributed by atoms with Gasteiger partial charge in [0.2, 0.25) is 0 Å². The molecule has 0 unspecified atom stereocenters. The molecule has 1 saturated carbocycles. The molecular formula is C13H17BrMgO. The first-order chi connectivity index (χ1) is 6.95. The first-order valence-corrected chi connectivity index (χ1v) is 5.52. The molecule has 1 aliphatic carbocycles. The van der Waals surface area contributed by atoms with Crippen LogP contribution in [0.15, 0.2) is 24.3 Å². The van der Waals surface area contributed by atoms with Crippen molar-refractivity contribution in [3.63, 3.8) is 0 Å². The predicted molar refractivity (Wildman–Crippen MR) is 62.7 cm³/mol. The molecule has 1 nitrogen and oxygen atoms in total. The molecule has 0 atom stereocenters. The number of hydrogen-bond donors (Lipinski definition) is 0. The van der Waals surface area contributed by atoms with E-state index in [9.17, 15) is 0 Å². The second-order valence-corrected chi connectivity index (χ2v) is 3.98. The Balaban J connectivity index is 0.00000112. The van der Waals surface area contributed by atoms with Crippen LogP contribution in [0.4, 0.5) is 0 Å². The molecule has 0 heterocycles. The fraction of sp³-hybridized carbons (Fsp3) is 0.538. The molecule has 0 N–H and O–H groups in total. The summed E-state index contributed by atoms with van der Waals surface area (Å²) in [4.78, 5) is 0. The number of hydrogen-bond acceptors (Lipinski definition) is 1. The average Bonchev–Trinajstić information content (AvgIpc) is 2.29. The Labute approximate surface area is 125 Å². The Morgan fingerprint density at radius 3 is 2.38 bits per heavy atom. The number of ether oxygens (including phenoxy) is 1. The normalized spacial score (nSPS) is 16.0. The van der Waals surface area contributed by atoms with Crippen molar-refractivity contribution in [2.45, 2.75) is 44.8 Å². The molecule has 0 radical (unpaired) electrons. The quantitative estimate of drug-likeness (QED) is 0.561. The Hall–Kier alpha value is 0.426. The van der Waals surface area contributed by atoms with E-state index in [1.165, 1.54) is 37.7 Å². The Morgan fingerprint density at radius 1 is 1.12 bits per heavy atom. The molecule has 3 heteroatoms. The summed E-state index contributed by atoms with van der Waals surface area (Å²) in [5, 5.41) is 0. The van der Waals surface area contributed by atoms with Gasteiger partial charge in [0.05, 0.1) is 12.7 Å². The van der Waals surface area contributed by atoms with E-state index in [4.69, 9.17) is 4.74 Å². The molecule has 1 aromatic rings. The van der Waals surface area contributed by atoms with Gasteiger partial charge in [0.15, 0.2) is 0 Å². The van der Waals surface area contributed by atoms with E-state index in [0.29, 0.717) is 6.10 Å². The van der Waals surface area contributed by atoms with Gasteiger partial charge in [-0.25, -0.2) is 0 Å². The van der Waals surface area contributed by atoms with Crippen molar-refractivity contribution in [1.82, 2.24) is 0 Å². The Bertz CT molecular complexity index is 260. The van der Waals surface area contributed by atoms with Crippen LogP contribution >= 0.6 is 0 Å². The van der Waals surface area contributed by atoms with Crippen LogP contribution in [-0.2, 0) is 11.3 Å². The minimum Gasteiger partial charge on any atom is -1.00 e. The molecule has 1 aromatic carbocycles. The summed E-state index contributed by atoms with van der Waals surface area (Å²) in [6.45, 7) is 0.763.